The van der Waals surface area contributed by atoms with Gasteiger partial charge in [0.1, 0.15) is 12.4 Å². The second kappa shape index (κ2) is 9.90. The normalized spacial score (nSPS) is 17.0. The zero-order valence-corrected chi connectivity index (χ0v) is 15.9. The summed E-state index contributed by atoms with van der Waals surface area (Å²) in [6.07, 6.45) is 2.22. The number of benzene rings is 2. The number of nitrogens with one attached hydrogen (secondary N) is 1. The third-order valence-electron chi connectivity index (χ3n) is 4.56. The first kappa shape index (κ1) is 19.9. The average Bonchev–Trinajstić information content (AvgIpc) is 3.25. The Morgan fingerprint density at radius 3 is 2.57 bits per heavy atom. The topological polar surface area (TPSA) is 73.9 Å². The van der Waals surface area contributed by atoms with E-state index in [1.54, 1.807) is 24.3 Å². The Morgan fingerprint density at radius 2 is 1.89 bits per heavy atom. The van der Waals surface area contributed by atoms with Gasteiger partial charge >= 0.3 is 5.97 Å². The molecule has 6 heteroatoms. The third-order valence-corrected chi connectivity index (χ3v) is 4.56. The Kier molecular flexibility index (Phi) is 7.03. The SMILES string of the molecule is C[C@@H](NC(=O)COC(=O)c1ccc(OC[C@@H]2CCCO2)cc1)c1ccccc1. The van der Waals surface area contributed by atoms with Gasteiger partial charge < -0.3 is 19.5 Å². The molecule has 0 bridgehead atoms. The van der Waals surface area contributed by atoms with Gasteiger partial charge in [0, 0.05) is 6.61 Å². The van der Waals surface area contributed by atoms with Crippen LogP contribution in [0.5, 0.6) is 5.75 Å². The van der Waals surface area contributed by atoms with Crippen LogP contribution in [0.25, 0.3) is 0 Å². The van der Waals surface area contributed by atoms with Crippen LogP contribution in [0.15, 0.2) is 54.6 Å². The van der Waals surface area contributed by atoms with Crippen molar-refractivity contribution < 1.29 is 23.8 Å². The van der Waals surface area contributed by atoms with Crippen molar-refractivity contribution >= 4 is 11.9 Å². The molecule has 0 radical (unpaired) electrons. The molecule has 6 nitrogen and oxygen atoms in total. The Balaban J connectivity index is 1.41. The summed E-state index contributed by atoms with van der Waals surface area (Å²) in [4.78, 5) is 24.1. The molecule has 1 fully saturated rings. The van der Waals surface area contributed by atoms with Gasteiger partial charge in [-0.1, -0.05) is 30.3 Å². The van der Waals surface area contributed by atoms with Crippen molar-refractivity contribution in [2.75, 3.05) is 19.8 Å². The minimum absolute atomic E-state index is 0.140. The van der Waals surface area contributed by atoms with Crippen molar-refractivity contribution in [3.8, 4) is 5.75 Å². The molecule has 28 heavy (non-hydrogen) atoms. The maximum absolute atomic E-state index is 12.1. The largest absolute Gasteiger partial charge is 0.491 e. The van der Waals surface area contributed by atoms with Crippen LogP contribution in [0, 0.1) is 0 Å². The van der Waals surface area contributed by atoms with Crippen LogP contribution in [-0.4, -0.2) is 37.8 Å². The number of rotatable bonds is 8. The lowest BCUT2D eigenvalue weighted by Crippen LogP contribution is -2.31. The summed E-state index contributed by atoms with van der Waals surface area (Å²) >= 11 is 0. The zero-order chi connectivity index (χ0) is 19.8. The number of carbonyl (C=O) groups excluding carboxylic acids is 2. The van der Waals surface area contributed by atoms with Crippen molar-refractivity contribution in [3.05, 3.63) is 65.7 Å². The van der Waals surface area contributed by atoms with Crippen LogP contribution in [0.2, 0.25) is 0 Å². The molecule has 0 saturated carbocycles. The standard InChI is InChI=1S/C22H25NO5/c1-16(17-6-3-2-4-7-17)23-21(24)15-28-22(25)18-9-11-19(12-10-18)27-14-20-8-5-13-26-20/h2-4,6-7,9-12,16,20H,5,8,13-15H2,1H3,(H,23,24)/t16-,20+/m1/s1. The van der Waals surface area contributed by atoms with E-state index in [-0.39, 0.29) is 24.7 Å². The van der Waals surface area contributed by atoms with Crippen molar-refractivity contribution in [2.45, 2.75) is 31.9 Å². The van der Waals surface area contributed by atoms with E-state index in [1.165, 1.54) is 0 Å². The Hall–Kier alpha value is -2.86. The molecule has 148 valence electrons. The van der Waals surface area contributed by atoms with Crippen molar-refractivity contribution in [1.29, 1.82) is 0 Å². The molecule has 2 aromatic carbocycles. The summed E-state index contributed by atoms with van der Waals surface area (Å²) in [5.74, 6) is -0.226. The van der Waals surface area contributed by atoms with Gasteiger partial charge in [-0.25, -0.2) is 4.79 Å². The quantitative estimate of drug-likeness (QED) is 0.708. The van der Waals surface area contributed by atoms with E-state index in [0.717, 1.165) is 25.0 Å². The highest BCUT2D eigenvalue weighted by Crippen LogP contribution is 2.17. The highest BCUT2D eigenvalue weighted by Gasteiger charge is 2.16. The Morgan fingerprint density at radius 1 is 1.14 bits per heavy atom. The van der Waals surface area contributed by atoms with Crippen molar-refractivity contribution in [2.24, 2.45) is 0 Å². The first-order valence-corrected chi connectivity index (χ1v) is 9.48. The highest BCUT2D eigenvalue weighted by atomic mass is 16.5. The number of carbonyl (C=O) groups is 2. The van der Waals surface area contributed by atoms with Gasteiger partial charge in [-0.15, -0.1) is 0 Å². The van der Waals surface area contributed by atoms with E-state index in [2.05, 4.69) is 5.32 Å². The van der Waals surface area contributed by atoms with E-state index in [1.807, 2.05) is 37.3 Å². The van der Waals surface area contributed by atoms with Gasteiger partial charge in [-0.2, -0.15) is 0 Å². The van der Waals surface area contributed by atoms with E-state index in [4.69, 9.17) is 14.2 Å². The molecule has 1 aliphatic rings. The summed E-state index contributed by atoms with van der Waals surface area (Å²) in [5.41, 5.74) is 1.36. The Bertz CT molecular complexity index is 769. The van der Waals surface area contributed by atoms with Crippen LogP contribution in [0.1, 0.15) is 41.7 Å². The minimum atomic E-state index is -0.548. The van der Waals surface area contributed by atoms with E-state index >= 15 is 0 Å². The average molecular weight is 383 g/mol. The highest BCUT2D eigenvalue weighted by molar-refractivity contribution is 5.91. The third kappa shape index (κ3) is 5.82. The number of esters is 1. The van der Waals surface area contributed by atoms with Gasteiger partial charge in [0.25, 0.3) is 5.91 Å². The number of amides is 1. The summed E-state index contributed by atoms with van der Waals surface area (Å²) in [5, 5.41) is 2.81. The molecule has 2 aromatic rings. The molecule has 1 heterocycles. The fourth-order valence-corrected chi connectivity index (χ4v) is 2.97. The Labute approximate surface area is 164 Å². The molecule has 1 amide bonds. The predicted molar refractivity (Wildman–Crippen MR) is 104 cm³/mol. The zero-order valence-electron chi connectivity index (χ0n) is 15.9. The molecule has 0 aromatic heterocycles. The molecule has 2 atom stereocenters. The van der Waals surface area contributed by atoms with Crippen LogP contribution in [0.4, 0.5) is 0 Å². The molecule has 1 saturated heterocycles. The number of hydrogen-bond acceptors (Lipinski definition) is 5. The second-order valence-electron chi connectivity index (χ2n) is 6.75. The summed E-state index contributed by atoms with van der Waals surface area (Å²) in [7, 11) is 0. The van der Waals surface area contributed by atoms with Gasteiger partial charge in [0.15, 0.2) is 6.61 Å². The van der Waals surface area contributed by atoms with E-state index < -0.39 is 5.97 Å². The molecular weight excluding hydrogens is 358 g/mol. The van der Waals surface area contributed by atoms with Crippen LogP contribution < -0.4 is 10.1 Å². The predicted octanol–water partition coefficient (Wildman–Crippen LogP) is 3.28. The van der Waals surface area contributed by atoms with E-state index in [9.17, 15) is 9.59 Å². The minimum Gasteiger partial charge on any atom is -0.491 e. The van der Waals surface area contributed by atoms with Crippen LogP contribution in [0.3, 0.4) is 0 Å². The second-order valence-corrected chi connectivity index (χ2v) is 6.75. The van der Waals surface area contributed by atoms with Crippen molar-refractivity contribution in [3.63, 3.8) is 0 Å². The van der Waals surface area contributed by atoms with Crippen molar-refractivity contribution in [1.82, 2.24) is 5.32 Å². The first-order valence-electron chi connectivity index (χ1n) is 9.48. The molecule has 0 spiro atoms. The lowest BCUT2D eigenvalue weighted by atomic mass is 10.1. The number of ether oxygens (including phenoxy) is 3. The lowest BCUT2D eigenvalue weighted by Gasteiger charge is -2.14. The van der Waals surface area contributed by atoms with Gasteiger partial charge in [0.05, 0.1) is 17.7 Å². The van der Waals surface area contributed by atoms with Gasteiger partial charge in [-0.3, -0.25) is 4.79 Å². The molecule has 0 unspecified atom stereocenters. The smallest absolute Gasteiger partial charge is 0.338 e. The fourth-order valence-electron chi connectivity index (χ4n) is 2.97. The monoisotopic (exact) mass is 383 g/mol. The van der Waals surface area contributed by atoms with Gasteiger partial charge in [-0.05, 0) is 49.6 Å². The summed E-state index contributed by atoms with van der Waals surface area (Å²) in [6, 6.07) is 16.1. The van der Waals surface area contributed by atoms with Gasteiger partial charge in [0.2, 0.25) is 0 Å². The van der Waals surface area contributed by atoms with Crippen LogP contribution in [-0.2, 0) is 14.3 Å². The maximum Gasteiger partial charge on any atom is 0.338 e. The number of hydrogen-bond donors (Lipinski definition) is 1. The fraction of sp³-hybridized carbons (Fsp3) is 0.364. The first-order chi connectivity index (χ1) is 13.6. The summed E-state index contributed by atoms with van der Waals surface area (Å²) < 4.78 is 16.3. The molecule has 0 aliphatic carbocycles. The maximum atomic E-state index is 12.1. The molecular formula is C22H25NO5. The summed E-state index contributed by atoms with van der Waals surface area (Å²) in [6.45, 7) is 2.84. The molecule has 1 aliphatic heterocycles. The van der Waals surface area contributed by atoms with E-state index in [0.29, 0.717) is 17.9 Å². The lowest BCUT2D eigenvalue weighted by molar-refractivity contribution is -0.124. The molecule has 3 rings (SSSR count). The molecule has 1 N–H and O–H groups in total. The van der Waals surface area contributed by atoms with Crippen LogP contribution >= 0.6 is 0 Å².